The summed E-state index contributed by atoms with van der Waals surface area (Å²) in [5, 5.41) is 0. The number of hydrogen-bond donors (Lipinski definition) is 0. The zero-order valence-corrected chi connectivity index (χ0v) is 13.2. The third kappa shape index (κ3) is 3.16. The minimum absolute atomic E-state index is 0.0241. The van der Waals surface area contributed by atoms with Crippen LogP contribution in [0.25, 0.3) is 0 Å². The number of rotatable bonds is 2. The minimum Gasteiger partial charge on any atom is -0.375 e. The number of aryl methyl sites for hydroxylation is 1. The van der Waals surface area contributed by atoms with Crippen LogP contribution in [0.3, 0.4) is 0 Å². The van der Waals surface area contributed by atoms with Crippen LogP contribution in [0.2, 0.25) is 0 Å². The molecule has 1 spiro atoms. The van der Waals surface area contributed by atoms with Crippen molar-refractivity contribution < 1.29 is 13.9 Å². The molecule has 1 unspecified atom stereocenters. The molecule has 1 aromatic carbocycles. The predicted molar refractivity (Wildman–Crippen MR) is 83.4 cm³/mol. The lowest BCUT2D eigenvalue weighted by atomic mass is 9.78. The summed E-state index contributed by atoms with van der Waals surface area (Å²) in [7, 11) is 0. The van der Waals surface area contributed by atoms with Crippen molar-refractivity contribution in [3.63, 3.8) is 0 Å². The van der Waals surface area contributed by atoms with Gasteiger partial charge in [0.15, 0.2) is 5.78 Å². The maximum Gasteiger partial charge on any atom is 0.166 e. The van der Waals surface area contributed by atoms with Crippen molar-refractivity contribution in [3.05, 3.63) is 35.1 Å². The summed E-state index contributed by atoms with van der Waals surface area (Å²) in [4.78, 5) is 12.7. The van der Waals surface area contributed by atoms with Crippen LogP contribution >= 0.6 is 11.8 Å². The number of hydrogen-bond acceptors (Lipinski definition) is 3. The zero-order chi connectivity index (χ0) is 14.9. The van der Waals surface area contributed by atoms with E-state index in [2.05, 4.69) is 0 Å². The lowest BCUT2D eigenvalue weighted by Gasteiger charge is -2.42. The zero-order valence-electron chi connectivity index (χ0n) is 12.4. The lowest BCUT2D eigenvalue weighted by molar-refractivity contribution is -0.0959. The fourth-order valence-electron chi connectivity index (χ4n) is 3.33. The normalized spacial score (nSPS) is 25.0. The van der Waals surface area contributed by atoms with Gasteiger partial charge in [0.25, 0.3) is 0 Å². The summed E-state index contributed by atoms with van der Waals surface area (Å²) in [6, 6.07) is 4.82. The maximum absolute atomic E-state index is 13.7. The second-order valence-corrected chi connectivity index (χ2v) is 7.39. The van der Waals surface area contributed by atoms with E-state index in [1.807, 2.05) is 11.8 Å². The van der Waals surface area contributed by atoms with E-state index >= 15 is 0 Å². The molecule has 0 amide bonds. The highest BCUT2D eigenvalue weighted by molar-refractivity contribution is 7.99. The molecule has 0 bridgehead atoms. The largest absolute Gasteiger partial charge is 0.375 e. The molecule has 21 heavy (non-hydrogen) atoms. The van der Waals surface area contributed by atoms with Gasteiger partial charge in [0.05, 0.1) is 5.60 Å². The number of halogens is 1. The van der Waals surface area contributed by atoms with Crippen LogP contribution in [0.5, 0.6) is 0 Å². The highest BCUT2D eigenvalue weighted by Gasteiger charge is 2.41. The molecule has 2 aliphatic heterocycles. The molecular weight excluding hydrogens is 287 g/mol. The third-order valence-corrected chi connectivity index (χ3v) is 5.71. The first-order valence-corrected chi connectivity index (χ1v) is 8.77. The number of Topliss-reactive ketones (excluding diaryl/α,β-unsaturated/α-hetero) is 1. The van der Waals surface area contributed by atoms with E-state index in [4.69, 9.17) is 4.74 Å². The summed E-state index contributed by atoms with van der Waals surface area (Å²) < 4.78 is 19.7. The molecule has 4 heteroatoms. The van der Waals surface area contributed by atoms with Gasteiger partial charge in [-0.3, -0.25) is 4.79 Å². The number of ketones is 1. The molecule has 3 rings (SSSR count). The van der Waals surface area contributed by atoms with Gasteiger partial charge in [-0.2, -0.15) is 11.8 Å². The Morgan fingerprint density at radius 1 is 1.38 bits per heavy atom. The second kappa shape index (κ2) is 6.09. The number of benzene rings is 1. The molecule has 0 aliphatic carbocycles. The minimum atomic E-state index is -0.295. The molecule has 0 aromatic heterocycles. The fraction of sp³-hybridized carbons (Fsp3) is 0.588. The van der Waals surface area contributed by atoms with Gasteiger partial charge in [0.2, 0.25) is 0 Å². The lowest BCUT2D eigenvalue weighted by Crippen LogP contribution is -2.44. The van der Waals surface area contributed by atoms with E-state index in [-0.39, 0.29) is 23.1 Å². The van der Waals surface area contributed by atoms with E-state index in [1.54, 1.807) is 19.1 Å². The Balaban J connectivity index is 1.76. The van der Waals surface area contributed by atoms with Crippen LogP contribution < -0.4 is 0 Å². The molecule has 1 atom stereocenters. The van der Waals surface area contributed by atoms with Gasteiger partial charge in [0.1, 0.15) is 5.82 Å². The first-order valence-electron chi connectivity index (χ1n) is 7.62. The van der Waals surface area contributed by atoms with Crippen molar-refractivity contribution in [2.45, 2.75) is 38.2 Å². The Hall–Kier alpha value is -0.870. The van der Waals surface area contributed by atoms with Gasteiger partial charge < -0.3 is 4.74 Å². The van der Waals surface area contributed by atoms with Gasteiger partial charge in [-0.05, 0) is 55.7 Å². The molecule has 2 saturated heterocycles. The molecule has 114 valence electrons. The van der Waals surface area contributed by atoms with Crippen LogP contribution in [-0.2, 0) is 4.74 Å². The fourth-order valence-corrected chi connectivity index (χ4v) is 4.56. The molecule has 2 heterocycles. The second-order valence-electron chi connectivity index (χ2n) is 6.16. The first kappa shape index (κ1) is 15.0. The monoisotopic (exact) mass is 308 g/mol. The molecule has 2 fully saturated rings. The quantitative estimate of drug-likeness (QED) is 0.772. The molecule has 2 aliphatic rings. The van der Waals surface area contributed by atoms with Crippen LogP contribution in [-0.4, -0.2) is 29.5 Å². The van der Waals surface area contributed by atoms with Gasteiger partial charge in [-0.1, -0.05) is 12.1 Å². The average Bonchev–Trinajstić information content (AvgIpc) is 2.50. The molecule has 0 radical (unpaired) electrons. The summed E-state index contributed by atoms with van der Waals surface area (Å²) in [5.74, 6) is 1.98. The van der Waals surface area contributed by atoms with Crippen molar-refractivity contribution in [1.29, 1.82) is 0 Å². The SMILES string of the molecule is Cc1ccc(C(=O)C2CCOC3(CCSCC3)C2)cc1F. The van der Waals surface area contributed by atoms with E-state index in [0.29, 0.717) is 17.7 Å². The number of thioether (sulfide) groups is 1. The van der Waals surface area contributed by atoms with Gasteiger partial charge >= 0.3 is 0 Å². The highest BCUT2D eigenvalue weighted by atomic mass is 32.2. The highest BCUT2D eigenvalue weighted by Crippen LogP contribution is 2.40. The third-order valence-electron chi connectivity index (χ3n) is 4.72. The van der Waals surface area contributed by atoms with Crippen molar-refractivity contribution in [2.75, 3.05) is 18.1 Å². The summed E-state index contributed by atoms with van der Waals surface area (Å²) >= 11 is 1.96. The first-order chi connectivity index (χ1) is 10.1. The Labute approximate surface area is 129 Å². The summed E-state index contributed by atoms with van der Waals surface area (Å²) in [6.45, 7) is 2.36. The van der Waals surface area contributed by atoms with Gasteiger partial charge in [0, 0.05) is 18.1 Å². The number of ether oxygens (including phenoxy) is 1. The molecule has 0 N–H and O–H groups in total. The van der Waals surface area contributed by atoms with Crippen molar-refractivity contribution >= 4 is 17.5 Å². The van der Waals surface area contributed by atoms with E-state index in [9.17, 15) is 9.18 Å². The van der Waals surface area contributed by atoms with E-state index < -0.39 is 0 Å². The smallest absolute Gasteiger partial charge is 0.166 e. The Morgan fingerprint density at radius 2 is 2.14 bits per heavy atom. The Morgan fingerprint density at radius 3 is 2.86 bits per heavy atom. The van der Waals surface area contributed by atoms with Crippen LogP contribution in [0.15, 0.2) is 18.2 Å². The van der Waals surface area contributed by atoms with Crippen molar-refractivity contribution in [2.24, 2.45) is 5.92 Å². The van der Waals surface area contributed by atoms with Crippen molar-refractivity contribution in [1.82, 2.24) is 0 Å². The van der Waals surface area contributed by atoms with E-state index in [0.717, 1.165) is 37.2 Å². The topological polar surface area (TPSA) is 26.3 Å². The summed E-state index contributed by atoms with van der Waals surface area (Å²) in [6.07, 6.45) is 3.61. The van der Waals surface area contributed by atoms with Gasteiger partial charge in [-0.15, -0.1) is 0 Å². The molecule has 1 aromatic rings. The Kier molecular flexibility index (Phi) is 4.36. The maximum atomic E-state index is 13.7. The average molecular weight is 308 g/mol. The molecular formula is C17H21FO2S. The van der Waals surface area contributed by atoms with Crippen molar-refractivity contribution in [3.8, 4) is 0 Å². The predicted octanol–water partition coefficient (Wildman–Crippen LogP) is 4.01. The number of carbonyl (C=O) groups is 1. The van der Waals surface area contributed by atoms with Crippen LogP contribution in [0, 0.1) is 18.7 Å². The molecule has 2 nitrogen and oxygen atoms in total. The van der Waals surface area contributed by atoms with Gasteiger partial charge in [-0.25, -0.2) is 4.39 Å². The van der Waals surface area contributed by atoms with E-state index in [1.165, 1.54) is 6.07 Å². The Bertz CT molecular complexity index is 532. The van der Waals surface area contributed by atoms with Crippen LogP contribution in [0.4, 0.5) is 4.39 Å². The molecule has 0 saturated carbocycles. The number of carbonyl (C=O) groups excluding carboxylic acids is 1. The summed E-state index contributed by atoms with van der Waals surface area (Å²) in [5.41, 5.74) is 0.984. The standard InChI is InChI=1S/C17H21FO2S/c1-12-2-3-13(10-15(12)18)16(19)14-4-7-20-17(11-14)5-8-21-9-6-17/h2-3,10,14H,4-9,11H2,1H3. The van der Waals surface area contributed by atoms with Crippen LogP contribution in [0.1, 0.15) is 41.6 Å².